The summed E-state index contributed by atoms with van der Waals surface area (Å²) in [6.07, 6.45) is 5.98. The van der Waals surface area contributed by atoms with Gasteiger partial charge in [-0.05, 0) is 29.8 Å². The number of rotatable bonds is 5. The van der Waals surface area contributed by atoms with Gasteiger partial charge in [0.1, 0.15) is 5.75 Å². The van der Waals surface area contributed by atoms with Gasteiger partial charge in [-0.2, -0.15) is 0 Å². The van der Waals surface area contributed by atoms with Crippen LogP contribution in [0.1, 0.15) is 12.0 Å². The molecule has 5 nitrogen and oxygen atoms in total. The molecule has 0 saturated heterocycles. The fourth-order valence-electron chi connectivity index (χ4n) is 1.69. The predicted molar refractivity (Wildman–Crippen MR) is 68.2 cm³/mol. The van der Waals surface area contributed by atoms with Gasteiger partial charge >= 0.3 is 0 Å². The second kappa shape index (κ2) is 5.86. The summed E-state index contributed by atoms with van der Waals surface area (Å²) in [6.45, 7) is 0.728. The van der Waals surface area contributed by atoms with Crippen LogP contribution in [0.4, 0.5) is 0 Å². The van der Waals surface area contributed by atoms with Crippen molar-refractivity contribution in [3.05, 3.63) is 48.5 Å². The van der Waals surface area contributed by atoms with E-state index in [0.29, 0.717) is 12.1 Å². The monoisotopic (exact) mass is 245 g/mol. The number of aromatic nitrogens is 2. The lowest BCUT2D eigenvalue weighted by atomic mass is 10.1. The van der Waals surface area contributed by atoms with Gasteiger partial charge in [0.25, 0.3) is 0 Å². The van der Waals surface area contributed by atoms with Crippen molar-refractivity contribution in [2.75, 3.05) is 7.11 Å². The zero-order valence-corrected chi connectivity index (χ0v) is 10.2. The Morgan fingerprint density at radius 2 is 2.17 bits per heavy atom. The third-order valence-electron chi connectivity index (χ3n) is 2.71. The van der Waals surface area contributed by atoms with Crippen LogP contribution in [-0.4, -0.2) is 27.6 Å². The topological polar surface area (TPSA) is 59.6 Å². The lowest BCUT2D eigenvalue weighted by Crippen LogP contribution is -2.06. The van der Waals surface area contributed by atoms with Crippen molar-refractivity contribution in [3.63, 3.8) is 0 Å². The minimum absolute atomic E-state index is 0.638. The molecule has 0 saturated carbocycles. The summed E-state index contributed by atoms with van der Waals surface area (Å²) in [6, 6.07) is 7.44. The molecule has 0 spiro atoms. The Hall–Kier alpha value is -2.30. The summed E-state index contributed by atoms with van der Waals surface area (Å²) in [5, 5.41) is 12.4. The van der Waals surface area contributed by atoms with Gasteiger partial charge in [0.2, 0.25) is 0 Å². The van der Waals surface area contributed by atoms with E-state index in [0.717, 1.165) is 17.9 Å². The van der Waals surface area contributed by atoms with Gasteiger partial charge in [0, 0.05) is 25.4 Å². The number of hydrogen-bond donors (Lipinski definition) is 1. The first-order chi connectivity index (χ1) is 8.83. The molecule has 1 aromatic heterocycles. The van der Waals surface area contributed by atoms with E-state index < -0.39 is 0 Å². The fourth-order valence-corrected chi connectivity index (χ4v) is 1.69. The molecular formula is C13H15N3O2. The van der Waals surface area contributed by atoms with Crippen LogP contribution < -0.4 is 4.74 Å². The summed E-state index contributed by atoms with van der Waals surface area (Å²) in [4.78, 5) is 3.97. The van der Waals surface area contributed by atoms with E-state index in [2.05, 4.69) is 10.1 Å². The maximum atomic E-state index is 9.07. The number of oxime groups is 1. The van der Waals surface area contributed by atoms with Crippen LogP contribution in [0.3, 0.4) is 0 Å². The van der Waals surface area contributed by atoms with Gasteiger partial charge in [0.05, 0.1) is 19.1 Å². The van der Waals surface area contributed by atoms with Crippen LogP contribution in [0.5, 0.6) is 5.75 Å². The summed E-state index contributed by atoms with van der Waals surface area (Å²) >= 11 is 0. The molecule has 1 heterocycles. The summed E-state index contributed by atoms with van der Waals surface area (Å²) in [5.41, 5.74) is 1.53. The van der Waals surface area contributed by atoms with E-state index in [-0.39, 0.29) is 0 Å². The van der Waals surface area contributed by atoms with Crippen molar-refractivity contribution in [2.45, 2.75) is 13.0 Å². The molecule has 0 bridgehead atoms. The Bertz CT molecular complexity index is 504. The quantitative estimate of drug-likeness (QED) is 0.499. The van der Waals surface area contributed by atoms with E-state index in [4.69, 9.17) is 9.94 Å². The van der Waals surface area contributed by atoms with Gasteiger partial charge in [0.15, 0.2) is 0 Å². The van der Waals surface area contributed by atoms with Gasteiger partial charge in [-0.1, -0.05) is 5.16 Å². The average Bonchev–Trinajstić information content (AvgIpc) is 2.93. The summed E-state index contributed by atoms with van der Waals surface area (Å²) in [5.74, 6) is 0.783. The van der Waals surface area contributed by atoms with Crippen LogP contribution in [0.2, 0.25) is 0 Å². The van der Waals surface area contributed by atoms with E-state index in [1.165, 1.54) is 0 Å². The number of aryl methyl sites for hydroxylation is 1. The maximum Gasteiger partial charge on any atom is 0.118 e. The molecule has 0 amide bonds. The first-order valence-electron chi connectivity index (χ1n) is 5.64. The van der Waals surface area contributed by atoms with Crippen molar-refractivity contribution in [1.82, 2.24) is 9.55 Å². The molecule has 94 valence electrons. The summed E-state index contributed by atoms with van der Waals surface area (Å²) < 4.78 is 7.03. The molecule has 1 N–H and O–H groups in total. The van der Waals surface area contributed by atoms with Crippen molar-refractivity contribution >= 4 is 5.71 Å². The molecule has 18 heavy (non-hydrogen) atoms. The van der Waals surface area contributed by atoms with Crippen molar-refractivity contribution in [2.24, 2.45) is 5.16 Å². The Kier molecular flexibility index (Phi) is 3.96. The molecule has 0 radical (unpaired) electrons. The second-order valence-corrected chi connectivity index (χ2v) is 3.83. The SMILES string of the molecule is COc1ccc(/C(CCn2ccnc2)=N\O)cc1. The minimum Gasteiger partial charge on any atom is -0.497 e. The van der Waals surface area contributed by atoms with Crippen LogP contribution in [-0.2, 0) is 6.54 Å². The number of ether oxygens (including phenoxy) is 1. The molecule has 2 rings (SSSR count). The van der Waals surface area contributed by atoms with Crippen molar-refractivity contribution < 1.29 is 9.94 Å². The van der Waals surface area contributed by atoms with Crippen LogP contribution in [0, 0.1) is 0 Å². The molecule has 0 aliphatic heterocycles. The fraction of sp³-hybridized carbons (Fsp3) is 0.231. The Balaban J connectivity index is 2.04. The lowest BCUT2D eigenvalue weighted by Gasteiger charge is -2.06. The largest absolute Gasteiger partial charge is 0.497 e. The van der Waals surface area contributed by atoms with E-state index in [1.807, 2.05) is 35.0 Å². The maximum absolute atomic E-state index is 9.07. The zero-order chi connectivity index (χ0) is 12.8. The summed E-state index contributed by atoms with van der Waals surface area (Å²) in [7, 11) is 1.62. The number of benzene rings is 1. The number of methoxy groups -OCH3 is 1. The van der Waals surface area contributed by atoms with Crippen LogP contribution >= 0.6 is 0 Å². The van der Waals surface area contributed by atoms with Crippen LogP contribution in [0.25, 0.3) is 0 Å². The molecule has 0 aliphatic rings. The molecule has 0 fully saturated rings. The minimum atomic E-state index is 0.638. The molecule has 1 aromatic carbocycles. The highest BCUT2D eigenvalue weighted by Gasteiger charge is 2.05. The lowest BCUT2D eigenvalue weighted by molar-refractivity contribution is 0.317. The van der Waals surface area contributed by atoms with Gasteiger partial charge in [-0.15, -0.1) is 0 Å². The van der Waals surface area contributed by atoms with Gasteiger partial charge in [-0.3, -0.25) is 0 Å². The number of nitrogens with zero attached hydrogens (tertiary/aromatic N) is 3. The Morgan fingerprint density at radius 1 is 1.39 bits per heavy atom. The molecule has 0 atom stereocenters. The van der Waals surface area contributed by atoms with Crippen molar-refractivity contribution in [3.8, 4) is 5.75 Å². The molecule has 0 unspecified atom stereocenters. The van der Waals surface area contributed by atoms with E-state index in [1.54, 1.807) is 19.6 Å². The molecule has 2 aromatic rings. The van der Waals surface area contributed by atoms with E-state index in [9.17, 15) is 0 Å². The highest BCUT2D eigenvalue weighted by molar-refractivity contribution is 6.00. The normalized spacial score (nSPS) is 11.5. The first-order valence-corrected chi connectivity index (χ1v) is 5.64. The smallest absolute Gasteiger partial charge is 0.118 e. The first kappa shape index (κ1) is 12.2. The number of hydrogen-bond acceptors (Lipinski definition) is 4. The number of imidazole rings is 1. The van der Waals surface area contributed by atoms with Crippen LogP contribution in [0.15, 0.2) is 48.1 Å². The molecule has 5 heteroatoms. The van der Waals surface area contributed by atoms with Gasteiger partial charge < -0.3 is 14.5 Å². The third kappa shape index (κ3) is 2.88. The van der Waals surface area contributed by atoms with Gasteiger partial charge in [-0.25, -0.2) is 4.98 Å². The van der Waals surface area contributed by atoms with Crippen molar-refractivity contribution in [1.29, 1.82) is 0 Å². The standard InChI is InChI=1S/C13H15N3O2/c1-18-12-4-2-11(3-5-12)13(15-17)6-8-16-9-7-14-10-16/h2-5,7,9-10,17H,6,8H2,1H3/b15-13-. The Labute approximate surface area is 105 Å². The third-order valence-corrected chi connectivity index (χ3v) is 2.71. The second-order valence-electron chi connectivity index (χ2n) is 3.83. The predicted octanol–water partition coefficient (Wildman–Crippen LogP) is 2.16. The molecular weight excluding hydrogens is 230 g/mol. The highest BCUT2D eigenvalue weighted by atomic mass is 16.5. The van der Waals surface area contributed by atoms with E-state index >= 15 is 0 Å². The average molecular weight is 245 g/mol. The highest BCUT2D eigenvalue weighted by Crippen LogP contribution is 2.13. The zero-order valence-electron chi connectivity index (χ0n) is 10.2. The Morgan fingerprint density at radius 3 is 2.72 bits per heavy atom. The molecule has 0 aliphatic carbocycles.